The van der Waals surface area contributed by atoms with Crippen molar-refractivity contribution in [1.82, 2.24) is 9.78 Å². The van der Waals surface area contributed by atoms with Crippen molar-refractivity contribution in [3.8, 4) is 0 Å². The van der Waals surface area contributed by atoms with Gasteiger partial charge in [0.05, 0.1) is 11.7 Å². The van der Waals surface area contributed by atoms with E-state index in [1.807, 2.05) is 6.20 Å². The highest BCUT2D eigenvalue weighted by Gasteiger charge is 2.30. The van der Waals surface area contributed by atoms with E-state index in [0.717, 1.165) is 25.4 Å². The minimum absolute atomic E-state index is 0.111. The standard InChI is InChI=1S/C17H21BrN2O/c1-2-11-9-14-13(17(18)16(11)12-6-7-12)10-19-20(14)15-5-3-4-8-21-15/h9-10,12,15H,2-8H2,1H3. The van der Waals surface area contributed by atoms with Gasteiger partial charge in [0, 0.05) is 16.5 Å². The number of nitrogens with zero attached hydrogens (tertiary/aromatic N) is 2. The summed E-state index contributed by atoms with van der Waals surface area (Å²) < 4.78 is 9.28. The summed E-state index contributed by atoms with van der Waals surface area (Å²) in [4.78, 5) is 0. The van der Waals surface area contributed by atoms with Crippen molar-refractivity contribution >= 4 is 26.8 Å². The van der Waals surface area contributed by atoms with Gasteiger partial charge in [0.2, 0.25) is 0 Å². The monoisotopic (exact) mass is 348 g/mol. The van der Waals surface area contributed by atoms with Gasteiger partial charge in [0.25, 0.3) is 0 Å². The van der Waals surface area contributed by atoms with Crippen molar-refractivity contribution in [2.45, 2.75) is 57.6 Å². The smallest absolute Gasteiger partial charge is 0.150 e. The molecule has 1 aromatic heterocycles. The topological polar surface area (TPSA) is 27.1 Å². The van der Waals surface area contributed by atoms with Crippen LogP contribution in [-0.2, 0) is 11.2 Å². The van der Waals surface area contributed by atoms with Crippen LogP contribution in [0.15, 0.2) is 16.7 Å². The van der Waals surface area contributed by atoms with Gasteiger partial charge < -0.3 is 4.74 Å². The van der Waals surface area contributed by atoms with Crippen LogP contribution in [0.1, 0.15) is 62.3 Å². The van der Waals surface area contributed by atoms with Gasteiger partial charge in [0.1, 0.15) is 0 Å². The number of aromatic nitrogens is 2. The van der Waals surface area contributed by atoms with Crippen molar-refractivity contribution in [2.75, 3.05) is 6.61 Å². The second kappa shape index (κ2) is 5.40. The lowest BCUT2D eigenvalue weighted by Crippen LogP contribution is -2.19. The molecule has 2 aromatic rings. The summed E-state index contributed by atoms with van der Waals surface area (Å²) in [6.45, 7) is 3.10. The van der Waals surface area contributed by atoms with Gasteiger partial charge >= 0.3 is 0 Å². The Morgan fingerprint density at radius 3 is 2.86 bits per heavy atom. The number of ether oxygens (including phenoxy) is 1. The van der Waals surface area contributed by atoms with Crippen LogP contribution in [0.4, 0.5) is 0 Å². The fourth-order valence-corrected chi connectivity index (χ4v) is 4.35. The molecule has 1 unspecified atom stereocenters. The second-order valence-electron chi connectivity index (χ2n) is 6.23. The Kier molecular flexibility index (Phi) is 3.54. The van der Waals surface area contributed by atoms with E-state index in [9.17, 15) is 0 Å². The minimum Gasteiger partial charge on any atom is -0.356 e. The summed E-state index contributed by atoms with van der Waals surface area (Å²) in [5.41, 5.74) is 4.21. The molecule has 112 valence electrons. The zero-order chi connectivity index (χ0) is 14.4. The number of benzene rings is 1. The summed E-state index contributed by atoms with van der Waals surface area (Å²) in [5, 5.41) is 5.88. The summed E-state index contributed by atoms with van der Waals surface area (Å²) >= 11 is 3.86. The molecule has 1 saturated heterocycles. The summed E-state index contributed by atoms with van der Waals surface area (Å²) in [6, 6.07) is 2.35. The molecule has 1 aliphatic carbocycles. The van der Waals surface area contributed by atoms with Gasteiger partial charge in [-0.2, -0.15) is 5.10 Å². The van der Waals surface area contributed by atoms with Crippen LogP contribution in [0.5, 0.6) is 0 Å². The average Bonchev–Trinajstić information content (AvgIpc) is 3.26. The molecule has 2 fully saturated rings. The fourth-order valence-electron chi connectivity index (χ4n) is 3.47. The first-order chi connectivity index (χ1) is 10.3. The average molecular weight is 349 g/mol. The van der Waals surface area contributed by atoms with E-state index < -0.39 is 0 Å². The first-order valence-electron chi connectivity index (χ1n) is 8.09. The summed E-state index contributed by atoms with van der Waals surface area (Å²) in [6.07, 6.45) is 9.33. The van der Waals surface area contributed by atoms with E-state index in [0.29, 0.717) is 0 Å². The first kappa shape index (κ1) is 13.8. The maximum Gasteiger partial charge on any atom is 0.150 e. The lowest BCUT2D eigenvalue weighted by molar-refractivity contribution is -0.0366. The largest absolute Gasteiger partial charge is 0.356 e. The fraction of sp³-hybridized carbons (Fsp3) is 0.588. The Labute approximate surface area is 133 Å². The second-order valence-corrected chi connectivity index (χ2v) is 7.03. The Balaban J connectivity index is 1.85. The van der Waals surface area contributed by atoms with E-state index >= 15 is 0 Å². The van der Waals surface area contributed by atoms with Crippen molar-refractivity contribution < 1.29 is 4.74 Å². The van der Waals surface area contributed by atoms with Gasteiger partial charge in [-0.1, -0.05) is 6.92 Å². The summed E-state index contributed by atoms with van der Waals surface area (Å²) in [5.74, 6) is 0.757. The van der Waals surface area contributed by atoms with E-state index in [4.69, 9.17) is 4.74 Å². The van der Waals surface area contributed by atoms with E-state index in [-0.39, 0.29) is 6.23 Å². The normalized spacial score (nSPS) is 22.9. The van der Waals surface area contributed by atoms with Crippen molar-refractivity contribution in [2.24, 2.45) is 0 Å². The number of rotatable bonds is 3. The third kappa shape index (κ3) is 2.33. The molecular weight excluding hydrogens is 328 g/mol. The third-order valence-corrected chi connectivity index (χ3v) is 5.61. The summed E-state index contributed by atoms with van der Waals surface area (Å²) in [7, 11) is 0. The van der Waals surface area contributed by atoms with Crippen LogP contribution in [0.25, 0.3) is 10.9 Å². The molecule has 4 rings (SSSR count). The van der Waals surface area contributed by atoms with Crippen LogP contribution in [-0.4, -0.2) is 16.4 Å². The van der Waals surface area contributed by atoms with E-state index in [2.05, 4.69) is 38.7 Å². The van der Waals surface area contributed by atoms with Gasteiger partial charge in [-0.25, -0.2) is 4.68 Å². The highest BCUT2D eigenvalue weighted by molar-refractivity contribution is 9.10. The number of hydrogen-bond acceptors (Lipinski definition) is 2. The van der Waals surface area contributed by atoms with Crippen LogP contribution >= 0.6 is 15.9 Å². The Bertz CT molecular complexity index is 669. The maximum atomic E-state index is 5.92. The van der Waals surface area contributed by atoms with Crippen LogP contribution in [0, 0.1) is 0 Å². The molecular formula is C17H21BrN2O. The van der Waals surface area contributed by atoms with Crippen LogP contribution < -0.4 is 0 Å². The number of halogens is 1. The van der Waals surface area contributed by atoms with E-state index in [1.165, 1.54) is 52.2 Å². The molecule has 0 radical (unpaired) electrons. The zero-order valence-electron chi connectivity index (χ0n) is 12.4. The molecule has 2 aliphatic rings. The van der Waals surface area contributed by atoms with E-state index in [1.54, 1.807) is 0 Å². The highest BCUT2D eigenvalue weighted by Crippen LogP contribution is 2.47. The molecule has 1 atom stereocenters. The van der Waals surface area contributed by atoms with Crippen LogP contribution in [0.2, 0.25) is 0 Å². The third-order valence-electron chi connectivity index (χ3n) is 4.76. The molecule has 2 heterocycles. The maximum absolute atomic E-state index is 5.92. The Morgan fingerprint density at radius 1 is 1.33 bits per heavy atom. The lowest BCUT2D eigenvalue weighted by Gasteiger charge is -2.24. The molecule has 0 amide bonds. The quantitative estimate of drug-likeness (QED) is 0.785. The van der Waals surface area contributed by atoms with Crippen LogP contribution in [0.3, 0.4) is 0 Å². The van der Waals surface area contributed by atoms with Gasteiger partial charge in [-0.05, 0) is 77.6 Å². The predicted molar refractivity (Wildman–Crippen MR) is 87.6 cm³/mol. The van der Waals surface area contributed by atoms with Gasteiger partial charge in [0.15, 0.2) is 6.23 Å². The molecule has 1 saturated carbocycles. The van der Waals surface area contributed by atoms with Crippen molar-refractivity contribution in [3.05, 3.63) is 27.9 Å². The molecule has 3 nitrogen and oxygen atoms in total. The molecule has 21 heavy (non-hydrogen) atoms. The molecule has 1 aromatic carbocycles. The number of fused-ring (bicyclic) bond motifs is 1. The Morgan fingerprint density at radius 2 is 2.19 bits per heavy atom. The molecule has 1 aliphatic heterocycles. The van der Waals surface area contributed by atoms with Crippen molar-refractivity contribution in [1.29, 1.82) is 0 Å². The van der Waals surface area contributed by atoms with Crippen molar-refractivity contribution in [3.63, 3.8) is 0 Å². The number of hydrogen-bond donors (Lipinski definition) is 0. The molecule has 4 heteroatoms. The molecule has 0 N–H and O–H groups in total. The van der Waals surface area contributed by atoms with Gasteiger partial charge in [-0.3, -0.25) is 0 Å². The highest BCUT2D eigenvalue weighted by atomic mass is 79.9. The number of aryl methyl sites for hydroxylation is 1. The minimum atomic E-state index is 0.111. The predicted octanol–water partition coefficient (Wildman–Crippen LogP) is 4.94. The Hall–Kier alpha value is -0.870. The lowest BCUT2D eigenvalue weighted by atomic mass is 9.99. The molecule has 0 spiro atoms. The van der Waals surface area contributed by atoms with Gasteiger partial charge in [-0.15, -0.1) is 0 Å². The molecule has 0 bridgehead atoms. The zero-order valence-corrected chi connectivity index (χ0v) is 14.0. The first-order valence-corrected chi connectivity index (χ1v) is 8.89. The SMILES string of the molecule is CCc1cc2c(cnn2C2CCCCO2)c(Br)c1C1CC1.